The number of amides is 1. The highest BCUT2D eigenvalue weighted by molar-refractivity contribution is 6.10. The molecule has 0 heterocycles. The zero-order valence-electron chi connectivity index (χ0n) is 27.5. The number of benzene rings is 2. The Bertz CT molecular complexity index is 1660. The van der Waals surface area contributed by atoms with Crippen molar-refractivity contribution in [3.63, 3.8) is 0 Å². The Kier molecular flexibility index (Phi) is 7.60. The Hall–Kier alpha value is -3.36. The summed E-state index contributed by atoms with van der Waals surface area (Å²) in [5.74, 6) is -2.52. The van der Waals surface area contributed by atoms with Crippen molar-refractivity contribution in [2.75, 3.05) is 13.2 Å². The first kappa shape index (κ1) is 32.2. The topological polar surface area (TPSA) is 87.1 Å². The third-order valence-electron chi connectivity index (χ3n) is 13.3. The summed E-state index contributed by atoms with van der Waals surface area (Å²) in [6.45, 7) is 6.76. The van der Waals surface area contributed by atoms with Crippen LogP contribution in [0.15, 0.2) is 72.3 Å². The quantitative estimate of drug-likeness (QED) is 0.242. The monoisotopic (exact) mass is 645 g/mol. The van der Waals surface area contributed by atoms with Gasteiger partial charge in [-0.05, 0) is 92.9 Å². The largest absolute Gasteiger partial charge is 0.450 e. The van der Waals surface area contributed by atoms with Gasteiger partial charge in [0.05, 0.1) is 24.9 Å². The molecule has 6 nitrogen and oxygen atoms in total. The summed E-state index contributed by atoms with van der Waals surface area (Å²) in [4.78, 5) is 29.5. The van der Waals surface area contributed by atoms with Crippen molar-refractivity contribution in [2.24, 2.45) is 33.5 Å². The predicted octanol–water partition coefficient (Wildman–Crippen LogP) is 7.40. The van der Waals surface area contributed by atoms with Gasteiger partial charge in [-0.1, -0.05) is 62.4 Å². The average Bonchev–Trinajstić information content (AvgIpc) is 3.32. The van der Waals surface area contributed by atoms with E-state index in [0.717, 1.165) is 30.5 Å². The number of carbonyl (C=O) groups excluding carboxylic acids is 2. The minimum absolute atomic E-state index is 0.0487. The number of aliphatic hydroxyl groups excluding tert-OH is 1. The maximum Gasteiger partial charge on any atom is 0.410 e. The lowest BCUT2D eigenvalue weighted by molar-refractivity contribution is -0.175. The van der Waals surface area contributed by atoms with E-state index in [-0.39, 0.29) is 41.7 Å². The van der Waals surface area contributed by atoms with Crippen molar-refractivity contribution in [1.29, 1.82) is 0 Å². The highest BCUT2D eigenvalue weighted by Gasteiger charge is 2.74. The molecule has 1 amide bonds. The molecule has 8 rings (SSSR count). The average molecular weight is 646 g/mol. The number of halogens is 2. The van der Waals surface area contributed by atoms with Crippen LogP contribution in [0.4, 0.5) is 13.6 Å². The van der Waals surface area contributed by atoms with E-state index >= 15 is 0 Å². The van der Waals surface area contributed by atoms with Gasteiger partial charge in [0.25, 0.3) is 0 Å². The fourth-order valence-corrected chi connectivity index (χ4v) is 10.9. The van der Waals surface area contributed by atoms with Gasteiger partial charge in [0.1, 0.15) is 0 Å². The van der Waals surface area contributed by atoms with E-state index in [1.165, 1.54) is 6.07 Å². The molecule has 3 saturated carbocycles. The minimum atomic E-state index is -1.27. The molecule has 8 atom stereocenters. The number of ketones is 1. The molecule has 2 N–H and O–H groups in total. The maximum atomic E-state index is 14.6. The number of carbonyl (C=O) groups is 2. The molecule has 8 heteroatoms. The summed E-state index contributed by atoms with van der Waals surface area (Å²) < 4.78 is 34.0. The molecule has 2 spiro atoms. The van der Waals surface area contributed by atoms with Gasteiger partial charge in [-0.2, -0.15) is 0 Å². The number of Topliss-reactive ketones (excluding diaryl/α,β-unsaturated/α-hetero) is 1. The number of nitrogens with zero attached hydrogens (tertiary/aromatic N) is 1. The van der Waals surface area contributed by atoms with Crippen molar-refractivity contribution in [3.8, 4) is 0 Å². The number of allylic oxidation sites excluding steroid dienone is 4. The van der Waals surface area contributed by atoms with E-state index < -0.39 is 45.7 Å². The zero-order chi connectivity index (χ0) is 33.4. The third-order valence-corrected chi connectivity index (χ3v) is 13.3. The minimum Gasteiger partial charge on any atom is -0.450 e. The number of hydrogen-bond acceptors (Lipinski definition) is 5. The van der Waals surface area contributed by atoms with E-state index in [1.54, 1.807) is 11.8 Å². The van der Waals surface area contributed by atoms with E-state index in [4.69, 9.17) is 4.74 Å². The van der Waals surface area contributed by atoms with E-state index in [2.05, 4.69) is 32.1 Å². The van der Waals surface area contributed by atoms with Gasteiger partial charge in [-0.3, -0.25) is 4.79 Å². The SMILES string of the molecule is CCOC(=O)N(Cc1ccccc1)C[C@]1(O)CC[C@H]2[C@]34C=C[C@@]5(C=C3C(=O)c3ccc(F)c(F)c3)CC(O)CC[C@]5(C)[C@H]4CC[C@@]21C. The Morgan fingerprint density at radius 2 is 1.64 bits per heavy atom. The van der Waals surface area contributed by atoms with Crippen LogP contribution in [-0.2, 0) is 11.3 Å². The zero-order valence-corrected chi connectivity index (χ0v) is 27.5. The van der Waals surface area contributed by atoms with E-state index in [0.29, 0.717) is 44.2 Å². The molecule has 250 valence electrons. The van der Waals surface area contributed by atoms with Crippen LogP contribution in [-0.4, -0.2) is 51.8 Å². The van der Waals surface area contributed by atoms with Crippen LogP contribution in [0, 0.1) is 45.1 Å². The van der Waals surface area contributed by atoms with Crippen molar-refractivity contribution in [2.45, 2.75) is 84.0 Å². The van der Waals surface area contributed by atoms with Crippen molar-refractivity contribution < 1.29 is 33.3 Å². The normalized spacial score (nSPS) is 38.2. The van der Waals surface area contributed by atoms with Crippen molar-refractivity contribution in [1.82, 2.24) is 4.90 Å². The Morgan fingerprint density at radius 1 is 0.936 bits per heavy atom. The standard InChI is InChI=1S/C39H45F2NO5/c1-4-47-34(45)42(23-25-8-6-5-7-9-25)24-38(46)17-14-32-36(38,3)16-13-31-35(2)15-12-27(43)21-37(35)18-19-39(31,32)28(22-37)33(44)26-10-11-29(40)30(41)20-26/h5-11,18-20,22,27,31-32,43,46H,4,12-17,21,23-24H2,1-3H3/t27?,31-,32-,35-,36+,37+,38-,39-/m1/s1. The van der Waals surface area contributed by atoms with E-state index in [9.17, 15) is 28.6 Å². The summed E-state index contributed by atoms with van der Waals surface area (Å²) in [6, 6.07) is 13.0. The van der Waals surface area contributed by atoms with Crippen molar-refractivity contribution >= 4 is 11.9 Å². The molecule has 0 radical (unpaired) electrons. The highest BCUT2D eigenvalue weighted by atomic mass is 19.2. The van der Waals surface area contributed by atoms with Gasteiger partial charge >= 0.3 is 6.09 Å². The van der Waals surface area contributed by atoms with Crippen LogP contribution in [0.1, 0.15) is 81.6 Å². The molecule has 6 aliphatic carbocycles. The molecule has 1 unspecified atom stereocenters. The number of aliphatic hydroxyl groups is 2. The second-order valence-corrected chi connectivity index (χ2v) is 15.3. The van der Waals surface area contributed by atoms with Crippen molar-refractivity contribution in [3.05, 3.63) is 95.1 Å². The van der Waals surface area contributed by atoms with Crippen LogP contribution < -0.4 is 0 Å². The lowest BCUT2D eigenvalue weighted by atomic mass is 9.32. The smallest absolute Gasteiger partial charge is 0.410 e. The summed E-state index contributed by atoms with van der Waals surface area (Å²) in [7, 11) is 0. The molecule has 2 aromatic rings. The first-order valence-corrected chi connectivity index (χ1v) is 17.1. The Morgan fingerprint density at radius 3 is 2.36 bits per heavy atom. The molecular weight excluding hydrogens is 600 g/mol. The van der Waals surface area contributed by atoms with E-state index in [1.807, 2.05) is 30.3 Å². The summed E-state index contributed by atoms with van der Waals surface area (Å²) >= 11 is 0. The molecule has 0 aliphatic heterocycles. The summed E-state index contributed by atoms with van der Waals surface area (Å²) in [6.07, 6.45) is 9.96. The van der Waals surface area contributed by atoms with Crippen LogP contribution in [0.5, 0.6) is 0 Å². The molecule has 0 saturated heterocycles. The number of ether oxygens (including phenoxy) is 1. The van der Waals surface area contributed by atoms with Gasteiger partial charge in [-0.25, -0.2) is 13.6 Å². The number of hydrogen-bond donors (Lipinski definition) is 2. The summed E-state index contributed by atoms with van der Waals surface area (Å²) in [5, 5.41) is 23.7. The molecule has 0 aromatic heterocycles. The second kappa shape index (κ2) is 11.1. The first-order chi connectivity index (χ1) is 22.3. The number of fused-ring (bicyclic) bond motifs is 1. The molecule has 2 bridgehead atoms. The summed E-state index contributed by atoms with van der Waals surface area (Å²) in [5.41, 5.74) is -1.88. The third kappa shape index (κ3) is 4.53. The van der Waals surface area contributed by atoms with Crippen LogP contribution in [0.2, 0.25) is 0 Å². The van der Waals surface area contributed by atoms with Gasteiger partial charge in [0.15, 0.2) is 17.4 Å². The van der Waals surface area contributed by atoms with Crippen LogP contribution in [0.25, 0.3) is 0 Å². The molecule has 3 fully saturated rings. The highest BCUT2D eigenvalue weighted by Crippen LogP contribution is 2.78. The second-order valence-electron chi connectivity index (χ2n) is 15.3. The molecule has 6 aliphatic rings. The van der Waals surface area contributed by atoms with Gasteiger partial charge < -0.3 is 19.8 Å². The lowest BCUT2D eigenvalue weighted by Crippen LogP contribution is -2.67. The van der Waals surface area contributed by atoms with Gasteiger partial charge in [0, 0.05) is 33.9 Å². The maximum absolute atomic E-state index is 14.6. The Balaban J connectivity index is 1.32. The van der Waals surface area contributed by atoms with Gasteiger partial charge in [0.2, 0.25) is 0 Å². The number of rotatable bonds is 7. The lowest BCUT2D eigenvalue weighted by Gasteiger charge is -2.71. The van der Waals surface area contributed by atoms with Gasteiger partial charge in [-0.15, -0.1) is 0 Å². The van der Waals surface area contributed by atoms with Crippen LogP contribution >= 0.6 is 0 Å². The molecule has 47 heavy (non-hydrogen) atoms. The fourth-order valence-electron chi connectivity index (χ4n) is 10.9. The predicted molar refractivity (Wildman–Crippen MR) is 173 cm³/mol. The first-order valence-electron chi connectivity index (χ1n) is 17.1. The fraction of sp³-hybridized carbons (Fsp3) is 0.538. The molecular formula is C39H45F2NO5. The Labute approximate surface area is 275 Å². The van der Waals surface area contributed by atoms with Crippen LogP contribution in [0.3, 0.4) is 0 Å². The molecule has 2 aromatic carbocycles.